The van der Waals surface area contributed by atoms with Crippen LogP contribution in [0.25, 0.3) is 44.2 Å². The molecule has 0 amide bonds. The Kier molecular flexibility index (Phi) is 3.06. The van der Waals surface area contributed by atoms with E-state index in [2.05, 4.69) is 4.98 Å². The summed E-state index contributed by atoms with van der Waals surface area (Å²) in [5.41, 5.74) is 6.01. The molecule has 3 heterocycles. The molecule has 0 bridgehead atoms. The molecule has 3 aromatic heterocycles. The second-order valence-electron chi connectivity index (χ2n) is 6.74. The van der Waals surface area contributed by atoms with Gasteiger partial charge in [-0.2, -0.15) is 0 Å². The maximum absolute atomic E-state index is 8.30. The average molecular weight is 339 g/mol. The van der Waals surface area contributed by atoms with E-state index in [9.17, 15) is 0 Å². The zero-order valence-electron chi connectivity index (χ0n) is 15.7. The Morgan fingerprint density at radius 3 is 2.77 bits per heavy atom. The third kappa shape index (κ3) is 2.28. The van der Waals surface area contributed by atoms with Gasteiger partial charge in [0.15, 0.2) is 5.58 Å². The number of para-hydroxylation sites is 2. The summed E-state index contributed by atoms with van der Waals surface area (Å²) in [6.07, 6.45) is 1.76. The van der Waals surface area contributed by atoms with Crippen molar-refractivity contribution in [3.8, 4) is 11.3 Å². The van der Waals surface area contributed by atoms with Crippen molar-refractivity contribution in [2.45, 2.75) is 19.7 Å². The first kappa shape index (κ1) is 14.0. The largest absolute Gasteiger partial charge is 0.454 e. The highest BCUT2D eigenvalue weighted by atomic mass is 16.3. The fourth-order valence-corrected chi connectivity index (χ4v) is 3.40. The second kappa shape index (κ2) is 5.67. The van der Waals surface area contributed by atoms with Crippen LogP contribution in [0.3, 0.4) is 0 Å². The van der Waals surface area contributed by atoms with E-state index in [1.807, 2.05) is 74.5 Å². The molecular weight excluding hydrogens is 320 g/mol. The SMILES string of the molecule is [2H]C(C)(C)c1ccnc(-c2cccc3c2oc2cc4ccccc4nc23)c1. The summed E-state index contributed by atoms with van der Waals surface area (Å²) >= 11 is 0. The molecule has 0 atom stereocenters. The summed E-state index contributed by atoms with van der Waals surface area (Å²) in [5, 5.41) is 2.03. The van der Waals surface area contributed by atoms with Crippen LogP contribution in [0.2, 0.25) is 0 Å². The molecule has 26 heavy (non-hydrogen) atoms. The van der Waals surface area contributed by atoms with E-state index < -0.39 is 5.89 Å². The lowest BCUT2D eigenvalue weighted by molar-refractivity contribution is 0.669. The summed E-state index contributed by atoms with van der Waals surface area (Å²) in [7, 11) is 0. The molecule has 5 rings (SSSR count). The Labute approximate surface area is 152 Å². The lowest BCUT2D eigenvalue weighted by Crippen LogP contribution is -1.90. The number of hydrogen-bond donors (Lipinski definition) is 0. The number of fused-ring (bicyclic) bond motifs is 4. The van der Waals surface area contributed by atoms with Crippen molar-refractivity contribution < 1.29 is 5.79 Å². The lowest BCUT2D eigenvalue weighted by atomic mass is 10.0. The summed E-state index contributed by atoms with van der Waals surface area (Å²) < 4.78 is 14.5. The smallest absolute Gasteiger partial charge is 0.154 e. The van der Waals surface area contributed by atoms with Gasteiger partial charge in [0.05, 0.1) is 11.2 Å². The third-order valence-corrected chi connectivity index (χ3v) is 4.78. The zero-order chi connectivity index (χ0) is 18.6. The van der Waals surface area contributed by atoms with Crippen molar-refractivity contribution >= 4 is 33.0 Å². The number of aromatic nitrogens is 2. The van der Waals surface area contributed by atoms with Gasteiger partial charge in [0.1, 0.15) is 11.1 Å². The van der Waals surface area contributed by atoms with Gasteiger partial charge in [-0.15, -0.1) is 0 Å². The van der Waals surface area contributed by atoms with Crippen LogP contribution in [-0.4, -0.2) is 9.97 Å². The van der Waals surface area contributed by atoms with E-state index >= 15 is 0 Å². The van der Waals surface area contributed by atoms with Crippen LogP contribution in [0.15, 0.2) is 71.3 Å². The Hall–Kier alpha value is -3.20. The molecule has 3 nitrogen and oxygen atoms in total. The van der Waals surface area contributed by atoms with E-state index in [4.69, 9.17) is 10.8 Å². The van der Waals surface area contributed by atoms with Gasteiger partial charge in [-0.05, 0) is 47.9 Å². The molecule has 0 saturated heterocycles. The van der Waals surface area contributed by atoms with Gasteiger partial charge in [0.25, 0.3) is 0 Å². The molecule has 126 valence electrons. The van der Waals surface area contributed by atoms with Crippen LogP contribution in [-0.2, 0) is 0 Å². The lowest BCUT2D eigenvalue weighted by Gasteiger charge is -2.07. The standard InChI is InChI=1S/C23H18N2O/c1-14(2)15-10-11-24-20(12-15)17-7-5-8-18-22-21(26-23(17)18)13-16-6-3-4-9-19(16)25-22/h3-14H,1-2H3/i14D. The Morgan fingerprint density at radius 1 is 1.00 bits per heavy atom. The number of pyridine rings is 2. The van der Waals surface area contributed by atoms with Gasteiger partial charge in [0.2, 0.25) is 0 Å². The quantitative estimate of drug-likeness (QED) is 0.378. The van der Waals surface area contributed by atoms with Gasteiger partial charge >= 0.3 is 0 Å². The predicted octanol–water partition coefficient (Wildman–Crippen LogP) is 6.32. The van der Waals surface area contributed by atoms with E-state index in [-0.39, 0.29) is 0 Å². The molecule has 0 saturated carbocycles. The highest BCUT2D eigenvalue weighted by molar-refractivity contribution is 6.09. The van der Waals surface area contributed by atoms with Crippen molar-refractivity contribution in [2.75, 3.05) is 0 Å². The molecule has 0 spiro atoms. The predicted molar refractivity (Wildman–Crippen MR) is 106 cm³/mol. The molecule has 0 aliphatic rings. The van der Waals surface area contributed by atoms with Crippen molar-refractivity contribution in [1.29, 1.82) is 0 Å². The Morgan fingerprint density at radius 2 is 1.88 bits per heavy atom. The Bertz CT molecular complexity index is 1310. The molecule has 0 N–H and O–H groups in total. The summed E-state index contributed by atoms with van der Waals surface area (Å²) in [5.74, 6) is -0.682. The monoisotopic (exact) mass is 339 g/mol. The van der Waals surface area contributed by atoms with Crippen LogP contribution in [0.5, 0.6) is 0 Å². The van der Waals surface area contributed by atoms with Gasteiger partial charge in [-0.1, -0.05) is 38.1 Å². The molecular formula is C23H18N2O. The molecule has 0 radical (unpaired) electrons. The minimum Gasteiger partial charge on any atom is -0.454 e. The minimum absolute atomic E-state index is 0.682. The number of hydrogen-bond acceptors (Lipinski definition) is 3. The van der Waals surface area contributed by atoms with Crippen LogP contribution < -0.4 is 0 Å². The number of rotatable bonds is 2. The summed E-state index contributed by atoms with van der Waals surface area (Å²) in [6, 6.07) is 20.0. The first-order valence-electron chi connectivity index (χ1n) is 9.19. The number of furan rings is 1. The molecule has 0 unspecified atom stereocenters. The van der Waals surface area contributed by atoms with E-state index in [1.54, 1.807) is 6.20 Å². The summed E-state index contributed by atoms with van der Waals surface area (Å²) in [4.78, 5) is 9.35. The van der Waals surface area contributed by atoms with Gasteiger partial charge in [0, 0.05) is 23.9 Å². The fourth-order valence-electron chi connectivity index (χ4n) is 3.40. The normalized spacial score (nSPS) is 12.8. The minimum atomic E-state index is -0.682. The molecule has 0 fully saturated rings. The second-order valence-corrected chi connectivity index (χ2v) is 6.74. The van der Waals surface area contributed by atoms with Crippen LogP contribution >= 0.6 is 0 Å². The van der Waals surface area contributed by atoms with Crippen LogP contribution in [0.1, 0.15) is 26.7 Å². The molecule has 2 aromatic carbocycles. The molecule has 5 aromatic rings. The summed E-state index contributed by atoms with van der Waals surface area (Å²) in [6.45, 7) is 3.76. The average Bonchev–Trinajstić information content (AvgIpc) is 3.03. The van der Waals surface area contributed by atoms with E-state index in [1.165, 1.54) is 0 Å². The number of nitrogens with zero attached hydrogens (tertiary/aromatic N) is 2. The van der Waals surface area contributed by atoms with Gasteiger partial charge < -0.3 is 4.42 Å². The first-order valence-corrected chi connectivity index (χ1v) is 8.69. The molecule has 0 aliphatic carbocycles. The maximum atomic E-state index is 8.30. The highest BCUT2D eigenvalue weighted by Crippen LogP contribution is 2.35. The first-order chi connectivity index (χ1) is 13.0. The third-order valence-electron chi connectivity index (χ3n) is 4.78. The molecule has 0 aliphatic heterocycles. The van der Waals surface area contributed by atoms with E-state index in [0.29, 0.717) is 0 Å². The highest BCUT2D eigenvalue weighted by Gasteiger charge is 2.15. The topological polar surface area (TPSA) is 38.9 Å². The number of benzene rings is 2. The molecule has 3 heteroatoms. The van der Waals surface area contributed by atoms with Gasteiger partial charge in [-0.3, -0.25) is 4.98 Å². The fraction of sp³-hybridized carbons (Fsp3) is 0.130. The zero-order valence-corrected chi connectivity index (χ0v) is 14.7. The maximum Gasteiger partial charge on any atom is 0.154 e. The van der Waals surface area contributed by atoms with Crippen molar-refractivity contribution in [1.82, 2.24) is 9.97 Å². The van der Waals surface area contributed by atoms with E-state index in [0.717, 1.165) is 49.8 Å². The van der Waals surface area contributed by atoms with Crippen molar-refractivity contribution in [3.05, 3.63) is 72.4 Å². The van der Waals surface area contributed by atoms with Crippen LogP contribution in [0.4, 0.5) is 0 Å². The van der Waals surface area contributed by atoms with Crippen molar-refractivity contribution in [2.24, 2.45) is 0 Å². The van der Waals surface area contributed by atoms with Crippen LogP contribution in [0, 0.1) is 0 Å². The van der Waals surface area contributed by atoms with Gasteiger partial charge in [-0.25, -0.2) is 4.98 Å². The Balaban J connectivity index is 1.80. The van der Waals surface area contributed by atoms with Crippen molar-refractivity contribution in [3.63, 3.8) is 0 Å².